The third kappa shape index (κ3) is 3.30. The molecule has 90 valence electrons. The molecule has 0 radical (unpaired) electrons. The first-order valence-electron chi connectivity index (χ1n) is 4.70. The predicted molar refractivity (Wildman–Crippen MR) is 59.2 cm³/mol. The number of amides is 1. The average Bonchev–Trinajstić information content (AvgIpc) is 2.64. The van der Waals surface area contributed by atoms with Gasteiger partial charge in [0, 0.05) is 28.9 Å². The van der Waals surface area contributed by atoms with Gasteiger partial charge in [-0.3, -0.25) is 9.00 Å². The fourth-order valence-corrected chi connectivity index (χ4v) is 1.44. The number of hydrogen-bond donors (Lipinski definition) is 2. The summed E-state index contributed by atoms with van der Waals surface area (Å²) in [4.78, 5) is 11.4. The first kappa shape index (κ1) is 12.6. The second kappa shape index (κ2) is 5.59. The summed E-state index contributed by atoms with van der Waals surface area (Å²) in [6.45, 7) is 2.26. The number of nitrogen functional groups attached to an aromatic ring is 1. The summed E-state index contributed by atoms with van der Waals surface area (Å²) in [5, 5.41) is 9.29. The molecule has 1 aromatic rings. The molecule has 0 spiro atoms. The summed E-state index contributed by atoms with van der Waals surface area (Å²) in [6.07, 6.45) is 2.26. The van der Waals surface area contributed by atoms with E-state index >= 15 is 0 Å². The van der Waals surface area contributed by atoms with E-state index < -0.39 is 16.7 Å². The molecule has 8 heteroatoms. The van der Waals surface area contributed by atoms with Crippen molar-refractivity contribution < 1.29 is 13.6 Å². The fraction of sp³-hybridized carbons (Fsp3) is 0.625. The molecule has 1 amide bonds. The molecular weight excluding hydrogens is 232 g/mol. The molecule has 7 nitrogen and oxygen atoms in total. The highest BCUT2D eigenvalue weighted by atomic mass is 32.2. The van der Waals surface area contributed by atoms with Crippen LogP contribution in [0.25, 0.3) is 0 Å². The van der Waals surface area contributed by atoms with Gasteiger partial charge in [-0.25, -0.2) is 4.63 Å². The van der Waals surface area contributed by atoms with E-state index in [0.29, 0.717) is 13.0 Å². The number of rotatable bonds is 5. The molecule has 0 bridgehead atoms. The third-order valence-corrected chi connectivity index (χ3v) is 3.50. The van der Waals surface area contributed by atoms with Crippen LogP contribution in [0.15, 0.2) is 4.63 Å². The molecule has 1 aromatic heterocycles. The molecule has 1 heterocycles. The maximum atomic E-state index is 11.4. The van der Waals surface area contributed by atoms with Gasteiger partial charge in [0.05, 0.1) is 0 Å². The number of carbonyl (C=O) groups excluding carboxylic acids is 1. The molecule has 3 N–H and O–H groups in total. The number of anilines is 1. The first-order valence-corrected chi connectivity index (χ1v) is 6.33. The van der Waals surface area contributed by atoms with Crippen LogP contribution in [0.3, 0.4) is 0 Å². The van der Waals surface area contributed by atoms with E-state index in [0.717, 1.165) is 0 Å². The highest BCUT2D eigenvalue weighted by Gasteiger charge is 2.15. The van der Waals surface area contributed by atoms with Crippen molar-refractivity contribution in [2.75, 3.05) is 18.5 Å². The Labute approximate surface area is 95.2 Å². The zero-order valence-electron chi connectivity index (χ0n) is 9.10. The Morgan fingerprint density at radius 3 is 2.81 bits per heavy atom. The number of nitrogens with two attached hydrogens (primary N) is 1. The largest absolute Gasteiger partial charge is 0.379 e. The highest BCUT2D eigenvalue weighted by molar-refractivity contribution is 7.84. The minimum atomic E-state index is -0.889. The summed E-state index contributed by atoms with van der Waals surface area (Å²) in [5.41, 5.74) is 5.32. The minimum Gasteiger partial charge on any atom is -0.379 e. The van der Waals surface area contributed by atoms with E-state index in [-0.39, 0.29) is 16.8 Å². The van der Waals surface area contributed by atoms with Crippen LogP contribution >= 0.6 is 0 Å². The van der Waals surface area contributed by atoms with Gasteiger partial charge >= 0.3 is 0 Å². The average molecular weight is 246 g/mol. The third-order valence-electron chi connectivity index (χ3n) is 2.13. The van der Waals surface area contributed by atoms with Gasteiger partial charge in [-0.05, 0) is 16.7 Å². The number of nitrogens with zero attached hydrogens (tertiary/aromatic N) is 2. The van der Waals surface area contributed by atoms with Gasteiger partial charge in [0.1, 0.15) is 0 Å². The Morgan fingerprint density at radius 2 is 2.31 bits per heavy atom. The molecule has 0 aromatic carbocycles. The molecule has 2 unspecified atom stereocenters. The molecule has 0 saturated carbocycles. The SMILES string of the molecule is CC(CCNC(=O)c1nonc1N)S(C)=O. The van der Waals surface area contributed by atoms with Gasteiger partial charge in [-0.2, -0.15) is 0 Å². The van der Waals surface area contributed by atoms with Gasteiger partial charge in [-0.15, -0.1) is 0 Å². The van der Waals surface area contributed by atoms with Crippen molar-refractivity contribution in [2.45, 2.75) is 18.6 Å². The standard InChI is InChI=1S/C8H14N4O3S/c1-5(16(2)14)3-4-10-8(13)6-7(9)12-15-11-6/h5H,3-4H2,1-2H3,(H2,9,12)(H,10,13). The Balaban J connectivity index is 2.37. The van der Waals surface area contributed by atoms with E-state index in [1.165, 1.54) is 0 Å². The maximum absolute atomic E-state index is 11.4. The van der Waals surface area contributed by atoms with Gasteiger partial charge in [0.15, 0.2) is 0 Å². The van der Waals surface area contributed by atoms with E-state index in [4.69, 9.17) is 5.73 Å². The van der Waals surface area contributed by atoms with Gasteiger partial charge in [-0.1, -0.05) is 6.92 Å². The summed E-state index contributed by atoms with van der Waals surface area (Å²) in [6, 6.07) is 0. The molecule has 0 aliphatic heterocycles. The van der Waals surface area contributed by atoms with Crippen LogP contribution in [-0.4, -0.2) is 38.5 Å². The van der Waals surface area contributed by atoms with E-state index in [1.807, 2.05) is 6.92 Å². The zero-order valence-corrected chi connectivity index (χ0v) is 9.91. The maximum Gasteiger partial charge on any atom is 0.277 e. The lowest BCUT2D eigenvalue weighted by molar-refractivity contribution is 0.0944. The van der Waals surface area contributed by atoms with E-state index in [1.54, 1.807) is 6.26 Å². The molecule has 1 rings (SSSR count). The monoisotopic (exact) mass is 246 g/mol. The molecule has 0 aliphatic rings. The summed E-state index contributed by atoms with van der Waals surface area (Å²) in [5.74, 6) is -0.475. The molecule has 0 fully saturated rings. The summed E-state index contributed by atoms with van der Waals surface area (Å²) >= 11 is 0. The van der Waals surface area contributed by atoms with Gasteiger partial charge < -0.3 is 11.1 Å². The highest BCUT2D eigenvalue weighted by Crippen LogP contribution is 2.03. The predicted octanol–water partition coefficient (Wildman–Crippen LogP) is -0.461. The minimum absolute atomic E-state index is 0.0229. The van der Waals surface area contributed by atoms with E-state index in [2.05, 4.69) is 20.3 Å². The second-order valence-electron chi connectivity index (χ2n) is 3.35. The Hall–Kier alpha value is -1.44. The van der Waals surface area contributed by atoms with Crippen molar-refractivity contribution in [3.63, 3.8) is 0 Å². The first-order chi connectivity index (χ1) is 7.52. The topological polar surface area (TPSA) is 111 Å². The molecule has 16 heavy (non-hydrogen) atoms. The number of hydrogen-bond acceptors (Lipinski definition) is 6. The molecule has 0 saturated heterocycles. The molecule has 2 atom stereocenters. The van der Waals surface area contributed by atoms with Crippen molar-refractivity contribution in [1.29, 1.82) is 0 Å². The lowest BCUT2D eigenvalue weighted by Gasteiger charge is -2.08. The van der Waals surface area contributed by atoms with Crippen LogP contribution in [0, 0.1) is 0 Å². The smallest absolute Gasteiger partial charge is 0.277 e. The van der Waals surface area contributed by atoms with Gasteiger partial charge in [0.2, 0.25) is 11.5 Å². The quantitative estimate of drug-likeness (QED) is 0.727. The van der Waals surface area contributed by atoms with Crippen LogP contribution in [-0.2, 0) is 10.8 Å². The van der Waals surface area contributed by atoms with Crippen molar-refractivity contribution in [3.05, 3.63) is 5.69 Å². The van der Waals surface area contributed by atoms with Crippen molar-refractivity contribution in [2.24, 2.45) is 0 Å². The number of carbonyl (C=O) groups is 1. The Morgan fingerprint density at radius 1 is 1.62 bits per heavy atom. The normalized spacial score (nSPS) is 14.4. The Kier molecular flexibility index (Phi) is 4.41. The van der Waals surface area contributed by atoms with Crippen LogP contribution in [0.5, 0.6) is 0 Å². The summed E-state index contributed by atoms with van der Waals surface area (Å²) < 4.78 is 15.3. The number of nitrogens with one attached hydrogen (secondary N) is 1. The second-order valence-corrected chi connectivity index (χ2v) is 5.15. The van der Waals surface area contributed by atoms with Crippen molar-refractivity contribution in [3.8, 4) is 0 Å². The van der Waals surface area contributed by atoms with Crippen LogP contribution < -0.4 is 11.1 Å². The lowest BCUT2D eigenvalue weighted by atomic mass is 10.3. The molecule has 0 aliphatic carbocycles. The van der Waals surface area contributed by atoms with Crippen molar-refractivity contribution >= 4 is 22.5 Å². The molecular formula is C8H14N4O3S. The zero-order chi connectivity index (χ0) is 12.1. The summed E-state index contributed by atoms with van der Waals surface area (Å²) in [7, 11) is -0.889. The van der Waals surface area contributed by atoms with Crippen LogP contribution in [0.4, 0.5) is 5.82 Å². The Bertz CT molecular complexity index is 392. The fourth-order valence-electron chi connectivity index (χ4n) is 0.992. The number of aromatic nitrogens is 2. The van der Waals surface area contributed by atoms with Crippen molar-refractivity contribution in [1.82, 2.24) is 15.6 Å². The van der Waals surface area contributed by atoms with Crippen LogP contribution in [0.1, 0.15) is 23.8 Å². The van der Waals surface area contributed by atoms with Crippen LogP contribution in [0.2, 0.25) is 0 Å². The van der Waals surface area contributed by atoms with Gasteiger partial charge in [0.25, 0.3) is 5.91 Å². The lowest BCUT2D eigenvalue weighted by Crippen LogP contribution is -2.28. The van der Waals surface area contributed by atoms with E-state index in [9.17, 15) is 9.00 Å².